The molecule has 5 heteroatoms. The third-order valence-electron chi connectivity index (χ3n) is 2.81. The van der Waals surface area contributed by atoms with Crippen LogP contribution < -0.4 is 10.6 Å². The van der Waals surface area contributed by atoms with Gasteiger partial charge in [0.2, 0.25) is 0 Å². The van der Waals surface area contributed by atoms with Gasteiger partial charge in [-0.2, -0.15) is 0 Å². The minimum absolute atomic E-state index is 0.118. The molecule has 2 N–H and O–H groups in total. The molecule has 0 saturated carbocycles. The molecular weight excluding hydrogens is 242 g/mol. The van der Waals surface area contributed by atoms with E-state index >= 15 is 0 Å². The van der Waals surface area contributed by atoms with E-state index in [1.54, 1.807) is 20.2 Å². The number of aromatic nitrogens is 1. The quantitative estimate of drug-likeness (QED) is 0.801. The number of pyridine rings is 1. The molecule has 0 spiro atoms. The number of methoxy groups -OCH3 is 1. The summed E-state index contributed by atoms with van der Waals surface area (Å²) in [5, 5.41) is 6.63. The number of fused-ring (bicyclic) bond motifs is 1. The van der Waals surface area contributed by atoms with Crippen molar-refractivity contribution in [1.82, 2.24) is 10.3 Å². The standard InChI is InChI=1S/C14H17N3O2/c1-15-13-9-11(14(18)16-7-8-19-2)10-5-3-4-6-12(10)17-13/h3-6,9H,7-8H2,1-2H3,(H,15,17)(H,16,18). The van der Waals surface area contributed by atoms with Crippen molar-refractivity contribution < 1.29 is 9.53 Å². The summed E-state index contributed by atoms with van der Waals surface area (Å²) in [6, 6.07) is 9.34. The third kappa shape index (κ3) is 3.00. The highest BCUT2D eigenvalue weighted by Gasteiger charge is 2.11. The van der Waals surface area contributed by atoms with Crippen LogP contribution in [0.1, 0.15) is 10.4 Å². The van der Waals surface area contributed by atoms with E-state index in [4.69, 9.17) is 4.74 Å². The summed E-state index contributed by atoms with van der Waals surface area (Å²) >= 11 is 0. The minimum Gasteiger partial charge on any atom is -0.383 e. The van der Waals surface area contributed by atoms with Crippen molar-refractivity contribution in [2.75, 3.05) is 32.6 Å². The molecule has 0 unspecified atom stereocenters. The van der Waals surface area contributed by atoms with E-state index in [-0.39, 0.29) is 5.91 Å². The molecule has 1 heterocycles. The topological polar surface area (TPSA) is 63.2 Å². The predicted octanol–water partition coefficient (Wildman–Crippen LogP) is 1.65. The van der Waals surface area contributed by atoms with Crippen molar-refractivity contribution in [2.24, 2.45) is 0 Å². The van der Waals surface area contributed by atoms with E-state index in [0.717, 1.165) is 10.9 Å². The number of rotatable bonds is 5. The maximum absolute atomic E-state index is 12.2. The summed E-state index contributed by atoms with van der Waals surface area (Å²) < 4.78 is 4.92. The van der Waals surface area contributed by atoms with Crippen LogP contribution in [0.25, 0.3) is 10.9 Å². The number of benzene rings is 1. The SMILES string of the molecule is CNc1cc(C(=O)NCCOC)c2ccccc2n1. The van der Waals surface area contributed by atoms with E-state index in [2.05, 4.69) is 15.6 Å². The average Bonchev–Trinajstić information content (AvgIpc) is 2.46. The number of nitrogens with zero attached hydrogens (tertiary/aromatic N) is 1. The monoisotopic (exact) mass is 259 g/mol. The number of anilines is 1. The number of hydrogen-bond donors (Lipinski definition) is 2. The smallest absolute Gasteiger partial charge is 0.252 e. The van der Waals surface area contributed by atoms with Gasteiger partial charge in [-0.15, -0.1) is 0 Å². The molecule has 2 rings (SSSR count). The maximum atomic E-state index is 12.2. The molecule has 0 fully saturated rings. The number of hydrogen-bond acceptors (Lipinski definition) is 4. The molecule has 1 aromatic carbocycles. The fourth-order valence-corrected chi connectivity index (χ4v) is 1.85. The Morgan fingerprint density at radius 1 is 1.37 bits per heavy atom. The van der Waals surface area contributed by atoms with E-state index in [1.807, 2.05) is 24.3 Å². The van der Waals surface area contributed by atoms with Crippen LogP contribution in [-0.4, -0.2) is 38.2 Å². The Morgan fingerprint density at radius 2 is 2.16 bits per heavy atom. The lowest BCUT2D eigenvalue weighted by Gasteiger charge is -2.09. The first kappa shape index (κ1) is 13.3. The summed E-state index contributed by atoms with van der Waals surface area (Å²) in [5.74, 6) is 0.558. The Kier molecular flexibility index (Phi) is 4.30. The van der Waals surface area contributed by atoms with Crippen LogP contribution in [0.5, 0.6) is 0 Å². The Morgan fingerprint density at radius 3 is 2.89 bits per heavy atom. The van der Waals surface area contributed by atoms with E-state index in [0.29, 0.717) is 24.5 Å². The fourth-order valence-electron chi connectivity index (χ4n) is 1.85. The Balaban J connectivity index is 2.37. The van der Waals surface area contributed by atoms with Crippen molar-refractivity contribution in [3.05, 3.63) is 35.9 Å². The fraction of sp³-hybridized carbons (Fsp3) is 0.286. The van der Waals surface area contributed by atoms with Crippen LogP contribution in [0.15, 0.2) is 30.3 Å². The lowest BCUT2D eigenvalue weighted by Crippen LogP contribution is -2.27. The number of carbonyl (C=O) groups excluding carboxylic acids is 1. The molecule has 0 atom stereocenters. The second-order valence-electron chi connectivity index (χ2n) is 4.07. The normalized spacial score (nSPS) is 10.4. The second kappa shape index (κ2) is 6.15. The van der Waals surface area contributed by atoms with Crippen molar-refractivity contribution in [1.29, 1.82) is 0 Å². The highest BCUT2D eigenvalue weighted by atomic mass is 16.5. The lowest BCUT2D eigenvalue weighted by atomic mass is 10.1. The Bertz CT molecular complexity index is 584. The largest absolute Gasteiger partial charge is 0.383 e. The molecule has 5 nitrogen and oxygen atoms in total. The van der Waals surface area contributed by atoms with Crippen molar-refractivity contribution in [3.63, 3.8) is 0 Å². The van der Waals surface area contributed by atoms with Gasteiger partial charge < -0.3 is 15.4 Å². The minimum atomic E-state index is -0.118. The van der Waals surface area contributed by atoms with Crippen molar-refractivity contribution in [3.8, 4) is 0 Å². The lowest BCUT2D eigenvalue weighted by molar-refractivity contribution is 0.0938. The molecule has 0 aliphatic rings. The zero-order valence-corrected chi connectivity index (χ0v) is 11.1. The zero-order chi connectivity index (χ0) is 13.7. The summed E-state index contributed by atoms with van der Waals surface area (Å²) in [4.78, 5) is 16.6. The third-order valence-corrected chi connectivity index (χ3v) is 2.81. The van der Waals surface area contributed by atoms with Gasteiger partial charge in [-0.3, -0.25) is 4.79 Å². The van der Waals surface area contributed by atoms with Crippen LogP contribution in [0.4, 0.5) is 5.82 Å². The average molecular weight is 259 g/mol. The van der Waals surface area contributed by atoms with Crippen LogP contribution in [0.3, 0.4) is 0 Å². The molecule has 0 saturated heterocycles. The van der Waals surface area contributed by atoms with Gasteiger partial charge in [0.15, 0.2) is 0 Å². The van der Waals surface area contributed by atoms with Gasteiger partial charge in [0.1, 0.15) is 5.82 Å². The summed E-state index contributed by atoms with van der Waals surface area (Å²) in [5.41, 5.74) is 1.41. The number of amides is 1. The number of ether oxygens (including phenoxy) is 1. The highest BCUT2D eigenvalue weighted by Crippen LogP contribution is 2.20. The van der Waals surface area contributed by atoms with Crippen LogP contribution in [-0.2, 0) is 4.74 Å². The first-order chi connectivity index (χ1) is 9.26. The van der Waals surface area contributed by atoms with E-state index < -0.39 is 0 Å². The predicted molar refractivity (Wildman–Crippen MR) is 75.5 cm³/mol. The molecule has 1 amide bonds. The van der Waals surface area contributed by atoms with Crippen LogP contribution >= 0.6 is 0 Å². The first-order valence-electron chi connectivity index (χ1n) is 6.11. The Labute approximate surface area is 112 Å². The molecule has 19 heavy (non-hydrogen) atoms. The zero-order valence-electron chi connectivity index (χ0n) is 11.1. The number of para-hydroxylation sites is 1. The van der Waals surface area contributed by atoms with Gasteiger partial charge in [0.05, 0.1) is 17.7 Å². The molecule has 0 aliphatic carbocycles. The molecule has 100 valence electrons. The van der Waals surface area contributed by atoms with Gasteiger partial charge in [-0.05, 0) is 12.1 Å². The van der Waals surface area contributed by atoms with Crippen molar-refractivity contribution >= 4 is 22.6 Å². The van der Waals surface area contributed by atoms with Gasteiger partial charge in [0.25, 0.3) is 5.91 Å². The highest BCUT2D eigenvalue weighted by molar-refractivity contribution is 6.06. The maximum Gasteiger partial charge on any atom is 0.252 e. The first-order valence-corrected chi connectivity index (χ1v) is 6.11. The van der Waals surface area contributed by atoms with Crippen LogP contribution in [0.2, 0.25) is 0 Å². The van der Waals surface area contributed by atoms with Crippen LogP contribution in [0, 0.1) is 0 Å². The van der Waals surface area contributed by atoms with Gasteiger partial charge in [0, 0.05) is 26.1 Å². The molecule has 2 aromatic rings. The number of carbonyl (C=O) groups is 1. The van der Waals surface area contributed by atoms with E-state index in [1.165, 1.54) is 0 Å². The van der Waals surface area contributed by atoms with Gasteiger partial charge >= 0.3 is 0 Å². The molecule has 1 aromatic heterocycles. The summed E-state index contributed by atoms with van der Waals surface area (Å²) in [6.45, 7) is 0.981. The molecule has 0 aliphatic heterocycles. The summed E-state index contributed by atoms with van der Waals surface area (Å²) in [7, 11) is 3.39. The number of nitrogens with one attached hydrogen (secondary N) is 2. The molecule has 0 radical (unpaired) electrons. The second-order valence-corrected chi connectivity index (χ2v) is 4.07. The Hall–Kier alpha value is -2.14. The van der Waals surface area contributed by atoms with Crippen molar-refractivity contribution in [2.45, 2.75) is 0 Å². The van der Waals surface area contributed by atoms with E-state index in [9.17, 15) is 4.79 Å². The van der Waals surface area contributed by atoms with Gasteiger partial charge in [-0.25, -0.2) is 4.98 Å². The summed E-state index contributed by atoms with van der Waals surface area (Å²) in [6.07, 6.45) is 0. The molecule has 0 bridgehead atoms. The van der Waals surface area contributed by atoms with Gasteiger partial charge in [-0.1, -0.05) is 18.2 Å². The molecular formula is C14H17N3O2.